The third kappa shape index (κ3) is 4.51. The van der Waals surface area contributed by atoms with Crippen LogP contribution in [-0.4, -0.2) is 38.4 Å². The lowest BCUT2D eigenvalue weighted by Crippen LogP contribution is -2.28. The molecule has 0 fully saturated rings. The lowest BCUT2D eigenvalue weighted by atomic mass is 10.2. The van der Waals surface area contributed by atoms with Crippen LogP contribution in [0.5, 0.6) is 5.75 Å². The minimum absolute atomic E-state index is 0.208. The predicted molar refractivity (Wildman–Crippen MR) is 117 cm³/mol. The van der Waals surface area contributed by atoms with Gasteiger partial charge in [0.1, 0.15) is 23.3 Å². The molecule has 2 heterocycles. The van der Waals surface area contributed by atoms with E-state index in [-0.39, 0.29) is 23.8 Å². The van der Waals surface area contributed by atoms with Crippen LogP contribution in [0, 0.1) is 5.82 Å². The van der Waals surface area contributed by atoms with Gasteiger partial charge in [-0.05, 0) is 36.8 Å². The summed E-state index contributed by atoms with van der Waals surface area (Å²) < 4.78 is 21.9. The van der Waals surface area contributed by atoms with E-state index in [9.17, 15) is 14.0 Å². The highest BCUT2D eigenvalue weighted by Crippen LogP contribution is 2.17. The van der Waals surface area contributed by atoms with E-state index < -0.39 is 0 Å². The molecule has 0 saturated carbocycles. The molecule has 2 aromatic heterocycles. The molecule has 1 amide bonds. The minimum atomic E-state index is -0.358. The van der Waals surface area contributed by atoms with Crippen molar-refractivity contribution in [1.82, 2.24) is 24.6 Å². The Kier molecular flexibility index (Phi) is 6.25. The van der Waals surface area contributed by atoms with E-state index >= 15 is 0 Å². The molecule has 0 spiro atoms. The summed E-state index contributed by atoms with van der Waals surface area (Å²) in [5, 5.41) is 7.44. The van der Waals surface area contributed by atoms with E-state index in [4.69, 9.17) is 4.74 Å². The van der Waals surface area contributed by atoms with Gasteiger partial charge in [0.15, 0.2) is 5.65 Å². The summed E-state index contributed by atoms with van der Waals surface area (Å²) >= 11 is 0. The largest absolute Gasteiger partial charge is 0.493 e. The first kappa shape index (κ1) is 21.2. The van der Waals surface area contributed by atoms with Gasteiger partial charge in [0.25, 0.3) is 11.5 Å². The number of carbonyl (C=O) groups excluding carboxylic acids is 1. The highest BCUT2D eigenvalue weighted by Gasteiger charge is 2.13. The monoisotopic (exact) mass is 435 g/mol. The maximum absolute atomic E-state index is 13.4. The third-order valence-electron chi connectivity index (χ3n) is 4.90. The first-order valence-corrected chi connectivity index (χ1v) is 10.2. The van der Waals surface area contributed by atoms with Crippen molar-refractivity contribution < 1.29 is 13.9 Å². The summed E-state index contributed by atoms with van der Waals surface area (Å²) in [4.78, 5) is 29.7. The number of nitrogens with one attached hydrogen (secondary N) is 1. The highest BCUT2D eigenvalue weighted by molar-refractivity contribution is 5.96. The van der Waals surface area contributed by atoms with Crippen LogP contribution in [0.3, 0.4) is 0 Å². The van der Waals surface area contributed by atoms with Crippen molar-refractivity contribution in [2.75, 3.05) is 13.2 Å². The number of ether oxygens (including phenoxy) is 1. The molecule has 164 valence electrons. The number of aromatic nitrogens is 4. The average molecular weight is 435 g/mol. The average Bonchev–Trinajstić information content (AvgIpc) is 3.20. The van der Waals surface area contributed by atoms with E-state index in [0.717, 1.165) is 0 Å². The molecule has 0 aliphatic heterocycles. The molecule has 2 aromatic carbocycles. The van der Waals surface area contributed by atoms with E-state index in [2.05, 4.69) is 15.4 Å². The minimum Gasteiger partial charge on any atom is -0.493 e. The Morgan fingerprint density at radius 1 is 1.19 bits per heavy atom. The summed E-state index contributed by atoms with van der Waals surface area (Å²) in [5.41, 5.74) is 1.28. The fourth-order valence-corrected chi connectivity index (χ4v) is 3.41. The van der Waals surface area contributed by atoms with Gasteiger partial charge in [0.2, 0.25) is 0 Å². The molecule has 0 radical (unpaired) electrons. The molecule has 4 aromatic rings. The molecule has 0 unspecified atom stereocenters. The van der Waals surface area contributed by atoms with Gasteiger partial charge in [-0.2, -0.15) is 5.10 Å². The second-order valence-electron chi connectivity index (χ2n) is 7.10. The van der Waals surface area contributed by atoms with E-state index in [0.29, 0.717) is 47.6 Å². The van der Waals surface area contributed by atoms with Crippen molar-refractivity contribution >= 4 is 16.9 Å². The quantitative estimate of drug-likeness (QED) is 0.459. The van der Waals surface area contributed by atoms with Crippen molar-refractivity contribution in [3.63, 3.8) is 0 Å². The SMILES string of the molecule is CCOc1ccccc1C(=O)NCCn1ncc2c(=O)n(Cc3cccc(F)c3)cnc21. The van der Waals surface area contributed by atoms with Crippen LogP contribution in [0.15, 0.2) is 65.8 Å². The summed E-state index contributed by atoms with van der Waals surface area (Å²) in [6.07, 6.45) is 2.88. The number of hydrogen-bond donors (Lipinski definition) is 1. The molecule has 0 aliphatic carbocycles. The molecule has 32 heavy (non-hydrogen) atoms. The smallest absolute Gasteiger partial charge is 0.264 e. The Balaban J connectivity index is 1.45. The number of benzene rings is 2. The first-order chi connectivity index (χ1) is 15.6. The van der Waals surface area contributed by atoms with Gasteiger partial charge >= 0.3 is 0 Å². The van der Waals surface area contributed by atoms with Crippen molar-refractivity contribution in [2.45, 2.75) is 20.0 Å². The molecule has 8 nitrogen and oxygen atoms in total. The summed E-state index contributed by atoms with van der Waals surface area (Å²) in [7, 11) is 0. The van der Waals surface area contributed by atoms with Gasteiger partial charge in [0, 0.05) is 6.54 Å². The van der Waals surface area contributed by atoms with E-state index in [1.807, 2.05) is 13.0 Å². The Morgan fingerprint density at radius 2 is 2.03 bits per heavy atom. The van der Waals surface area contributed by atoms with E-state index in [1.165, 1.54) is 29.2 Å². The fourth-order valence-electron chi connectivity index (χ4n) is 3.41. The maximum Gasteiger partial charge on any atom is 0.264 e. The maximum atomic E-state index is 13.4. The lowest BCUT2D eigenvalue weighted by molar-refractivity contribution is 0.0948. The number of carbonyl (C=O) groups is 1. The van der Waals surface area contributed by atoms with Crippen molar-refractivity contribution in [2.24, 2.45) is 0 Å². The Morgan fingerprint density at radius 3 is 2.84 bits per heavy atom. The Hall–Kier alpha value is -4.01. The zero-order valence-electron chi connectivity index (χ0n) is 17.5. The molecule has 1 N–H and O–H groups in total. The van der Waals surface area contributed by atoms with Gasteiger partial charge in [-0.25, -0.2) is 14.1 Å². The van der Waals surface area contributed by atoms with Crippen LogP contribution >= 0.6 is 0 Å². The normalized spacial score (nSPS) is 10.9. The number of halogens is 1. The third-order valence-corrected chi connectivity index (χ3v) is 4.90. The molecule has 0 saturated heterocycles. The van der Waals surface area contributed by atoms with E-state index in [1.54, 1.807) is 35.0 Å². The number of para-hydroxylation sites is 1. The number of amides is 1. The fraction of sp³-hybridized carbons (Fsp3) is 0.217. The van der Waals surface area contributed by atoms with Gasteiger partial charge < -0.3 is 10.1 Å². The van der Waals surface area contributed by atoms with Crippen LogP contribution in [0.1, 0.15) is 22.8 Å². The number of fused-ring (bicyclic) bond motifs is 1. The molecule has 9 heteroatoms. The molecule has 4 rings (SSSR count). The summed E-state index contributed by atoms with van der Waals surface area (Å²) in [6.45, 7) is 3.17. The molecule has 0 aliphatic rings. The summed E-state index contributed by atoms with van der Waals surface area (Å²) in [6, 6.07) is 13.1. The van der Waals surface area contributed by atoms with Crippen LogP contribution in [0.2, 0.25) is 0 Å². The van der Waals surface area contributed by atoms with Gasteiger partial charge in [-0.1, -0.05) is 24.3 Å². The molecule has 0 atom stereocenters. The van der Waals surface area contributed by atoms with Gasteiger partial charge in [-0.15, -0.1) is 0 Å². The first-order valence-electron chi connectivity index (χ1n) is 10.2. The zero-order valence-corrected chi connectivity index (χ0v) is 17.5. The molecular formula is C23H22FN5O3. The lowest BCUT2D eigenvalue weighted by Gasteiger charge is -2.10. The van der Waals surface area contributed by atoms with Gasteiger partial charge in [-0.3, -0.25) is 14.2 Å². The van der Waals surface area contributed by atoms with Crippen molar-refractivity contribution in [3.8, 4) is 5.75 Å². The van der Waals surface area contributed by atoms with Crippen molar-refractivity contribution in [3.05, 3.63) is 88.4 Å². The predicted octanol–water partition coefficient (Wildman–Crippen LogP) is 2.61. The second kappa shape index (κ2) is 9.42. The van der Waals surface area contributed by atoms with Crippen LogP contribution in [0.4, 0.5) is 4.39 Å². The number of rotatable bonds is 8. The van der Waals surface area contributed by atoms with Crippen molar-refractivity contribution in [1.29, 1.82) is 0 Å². The van der Waals surface area contributed by atoms with Gasteiger partial charge in [0.05, 0.1) is 31.5 Å². The van der Waals surface area contributed by atoms with Crippen LogP contribution in [-0.2, 0) is 13.1 Å². The molecular weight excluding hydrogens is 413 g/mol. The highest BCUT2D eigenvalue weighted by atomic mass is 19.1. The van der Waals surface area contributed by atoms with Crippen LogP contribution in [0.25, 0.3) is 11.0 Å². The Labute approximate surface area is 183 Å². The molecule has 0 bridgehead atoms. The number of nitrogens with zero attached hydrogens (tertiary/aromatic N) is 4. The zero-order chi connectivity index (χ0) is 22.5. The Bertz CT molecular complexity index is 1310. The standard InChI is InChI=1S/C23H22FN5O3/c1-2-32-20-9-4-3-8-18(20)22(30)25-10-11-29-21-19(13-27-29)23(31)28(15-26-21)14-16-6-5-7-17(24)12-16/h3-9,12-13,15H,2,10-11,14H2,1H3,(H,25,30). The number of hydrogen-bond acceptors (Lipinski definition) is 5. The summed E-state index contributed by atoms with van der Waals surface area (Å²) in [5.74, 6) is -0.0863. The van der Waals surface area contributed by atoms with Crippen LogP contribution < -0.4 is 15.6 Å². The topological polar surface area (TPSA) is 91.0 Å². The second-order valence-corrected chi connectivity index (χ2v) is 7.10.